The van der Waals surface area contributed by atoms with Gasteiger partial charge in [-0.2, -0.15) is 8.78 Å². The number of hydrogen-bond donors (Lipinski definition) is 1. The van der Waals surface area contributed by atoms with E-state index in [1.807, 2.05) is 0 Å². The number of fused-ring (bicyclic) bond motifs is 1. The second kappa shape index (κ2) is 8.82. The van der Waals surface area contributed by atoms with Gasteiger partial charge in [-0.3, -0.25) is 19.2 Å². The van der Waals surface area contributed by atoms with Gasteiger partial charge in [-0.1, -0.05) is 35.9 Å². The lowest BCUT2D eigenvalue weighted by Gasteiger charge is -2.46. The lowest BCUT2D eigenvalue weighted by atomic mass is 9.61. The summed E-state index contributed by atoms with van der Waals surface area (Å²) in [6.45, 7) is -0.347. The van der Waals surface area contributed by atoms with Crippen LogP contribution in [0.3, 0.4) is 0 Å². The number of carbonyl (C=O) groups excluding carboxylic acids is 4. The van der Waals surface area contributed by atoms with Crippen LogP contribution < -0.4 is 5.32 Å². The minimum atomic E-state index is -3.79. The van der Waals surface area contributed by atoms with Crippen LogP contribution in [0.2, 0.25) is 10.8 Å². The summed E-state index contributed by atoms with van der Waals surface area (Å²) in [7, 11) is 17.5. The maximum absolute atomic E-state index is 14.5. The van der Waals surface area contributed by atoms with E-state index in [1.165, 1.54) is 30.3 Å². The molecule has 13 heteroatoms. The van der Waals surface area contributed by atoms with Gasteiger partial charge in [-0.15, -0.1) is 0 Å². The predicted molar refractivity (Wildman–Crippen MR) is 124 cm³/mol. The Bertz CT molecular complexity index is 1250. The minimum Gasteiger partial charge on any atom is -0.346 e. The van der Waals surface area contributed by atoms with E-state index >= 15 is 0 Å². The topological polar surface area (TPSA) is 86.8 Å². The number of nitrogens with zero attached hydrogens (tertiary/aromatic N) is 2. The van der Waals surface area contributed by atoms with Gasteiger partial charge in [-0.25, -0.2) is 0 Å². The molecule has 0 spiro atoms. The third-order valence-corrected chi connectivity index (χ3v) is 6.33. The first-order valence-electron chi connectivity index (χ1n) is 10.4. The highest BCUT2D eigenvalue weighted by molar-refractivity contribution is 6.42. The van der Waals surface area contributed by atoms with Crippen LogP contribution in [-0.2, 0) is 33.4 Å². The highest BCUT2D eigenvalue weighted by Crippen LogP contribution is 2.37. The summed E-state index contributed by atoms with van der Waals surface area (Å²) in [5.41, 5.74) is -1.32. The number of hydrogen-bond acceptors (Lipinski definition) is 4. The molecule has 0 saturated carbocycles. The van der Waals surface area contributed by atoms with Crippen LogP contribution >= 0.6 is 11.6 Å². The number of rotatable bonds is 5. The minimum absolute atomic E-state index is 0.103. The van der Waals surface area contributed by atoms with Gasteiger partial charge >= 0.3 is 5.92 Å². The summed E-state index contributed by atoms with van der Waals surface area (Å²) >= 11 is 5.71. The Hall–Kier alpha value is -3.14. The molecule has 1 fully saturated rings. The Morgan fingerprint density at radius 2 is 1.83 bits per heavy atom. The van der Waals surface area contributed by atoms with Crippen molar-refractivity contribution in [3.63, 3.8) is 0 Å². The quantitative estimate of drug-likeness (QED) is 0.506. The standard InChI is InChI=1S/C22H15B3ClF2N3O4/c23-16-8-21(24,20(35)31(25)18(16)33)30-10-12-7-11(1-6-15(12)17(30)32)9-29-19(34)22(27,28)13-2-4-14(26)5-3-13/h1-7,16H,8-10H2,(H,29,34)/t16?,21-/m1/s1. The van der Waals surface area contributed by atoms with E-state index in [-0.39, 0.29) is 30.1 Å². The van der Waals surface area contributed by atoms with Crippen molar-refractivity contribution < 1.29 is 28.0 Å². The van der Waals surface area contributed by atoms with Crippen molar-refractivity contribution in [3.05, 3.63) is 69.7 Å². The Morgan fingerprint density at radius 3 is 2.49 bits per heavy atom. The van der Waals surface area contributed by atoms with Crippen LogP contribution in [0, 0.1) is 0 Å². The van der Waals surface area contributed by atoms with Crippen molar-refractivity contribution in [2.45, 2.75) is 36.7 Å². The number of imide groups is 1. The Labute approximate surface area is 208 Å². The Balaban J connectivity index is 1.49. The lowest BCUT2D eigenvalue weighted by molar-refractivity contribution is -0.148. The van der Waals surface area contributed by atoms with E-state index in [4.69, 9.17) is 35.3 Å². The molecule has 172 valence electrons. The molecule has 2 aromatic rings. The largest absolute Gasteiger partial charge is 0.349 e. The maximum Gasteiger partial charge on any atom is 0.349 e. The molecule has 0 aromatic heterocycles. The first kappa shape index (κ1) is 25.0. The molecule has 0 aliphatic carbocycles. The van der Waals surface area contributed by atoms with Gasteiger partial charge in [0.05, 0.1) is 13.3 Å². The van der Waals surface area contributed by atoms with Gasteiger partial charge in [-0.05, 0) is 35.7 Å². The summed E-state index contributed by atoms with van der Waals surface area (Å²) in [4.78, 5) is 51.0. The molecule has 4 rings (SSSR count). The van der Waals surface area contributed by atoms with E-state index < -0.39 is 46.4 Å². The van der Waals surface area contributed by atoms with Crippen LogP contribution in [0.5, 0.6) is 0 Å². The van der Waals surface area contributed by atoms with E-state index in [1.54, 1.807) is 0 Å². The number of amides is 4. The van der Waals surface area contributed by atoms with Crippen molar-refractivity contribution in [3.8, 4) is 0 Å². The van der Waals surface area contributed by atoms with Crippen LogP contribution in [0.4, 0.5) is 8.78 Å². The zero-order valence-corrected chi connectivity index (χ0v) is 18.9. The lowest BCUT2D eigenvalue weighted by Crippen LogP contribution is -2.65. The third kappa shape index (κ3) is 4.24. The number of piperidine rings is 1. The second-order valence-corrected chi connectivity index (χ2v) is 8.83. The SMILES string of the molecule is [B]C1C[C@@]([B])(N2Cc3cc(CNC(=O)C(F)(F)c4ccc(Cl)cc4)ccc3C2=O)C(=O)N([B])C1=O. The molecule has 2 heterocycles. The fourth-order valence-corrected chi connectivity index (χ4v) is 4.24. The molecule has 2 aliphatic heterocycles. The number of alkyl halides is 2. The van der Waals surface area contributed by atoms with Crippen molar-refractivity contribution >= 4 is 58.9 Å². The van der Waals surface area contributed by atoms with Gasteiger partial charge in [0, 0.05) is 35.1 Å². The monoisotopic (exact) mass is 491 g/mol. The molecule has 2 atom stereocenters. The Morgan fingerprint density at radius 1 is 1.17 bits per heavy atom. The van der Waals surface area contributed by atoms with Gasteiger partial charge in [0.15, 0.2) is 0 Å². The van der Waals surface area contributed by atoms with Crippen molar-refractivity contribution in [1.29, 1.82) is 0 Å². The molecule has 6 radical (unpaired) electrons. The highest BCUT2D eigenvalue weighted by Gasteiger charge is 2.51. The molecular weight excluding hydrogens is 476 g/mol. The van der Waals surface area contributed by atoms with Crippen molar-refractivity contribution in [1.82, 2.24) is 15.0 Å². The number of halogens is 3. The van der Waals surface area contributed by atoms with Crippen molar-refractivity contribution in [2.24, 2.45) is 0 Å². The van der Waals surface area contributed by atoms with Crippen LogP contribution in [0.15, 0.2) is 42.5 Å². The van der Waals surface area contributed by atoms with Gasteiger partial charge in [0.2, 0.25) is 19.8 Å². The summed E-state index contributed by atoms with van der Waals surface area (Å²) in [6.07, 6.45) is -0.319. The van der Waals surface area contributed by atoms with Crippen LogP contribution in [0.25, 0.3) is 0 Å². The fourth-order valence-electron chi connectivity index (χ4n) is 4.11. The summed E-state index contributed by atoms with van der Waals surface area (Å²) in [5, 5.41) is 2.44. The molecule has 2 aromatic carbocycles. The first-order chi connectivity index (χ1) is 16.4. The van der Waals surface area contributed by atoms with E-state index in [2.05, 4.69) is 5.32 Å². The number of carbonyl (C=O) groups is 4. The molecular formula is C22H15B3ClF2N3O4. The van der Waals surface area contributed by atoms with Gasteiger partial charge < -0.3 is 15.0 Å². The normalized spacial score (nSPS) is 22.4. The average Bonchev–Trinajstić information content (AvgIpc) is 3.16. The predicted octanol–water partition coefficient (Wildman–Crippen LogP) is 1.37. The molecule has 1 unspecified atom stereocenters. The average molecular weight is 491 g/mol. The zero-order chi connectivity index (χ0) is 25.7. The number of benzene rings is 2. The molecule has 1 N–H and O–H groups in total. The van der Waals surface area contributed by atoms with Crippen molar-refractivity contribution in [2.75, 3.05) is 0 Å². The highest BCUT2D eigenvalue weighted by atomic mass is 35.5. The van der Waals surface area contributed by atoms with Crippen LogP contribution in [-0.4, -0.2) is 62.5 Å². The molecule has 2 aliphatic rings. The summed E-state index contributed by atoms with van der Waals surface area (Å²) < 4.78 is 29.0. The molecule has 1 saturated heterocycles. The van der Waals surface area contributed by atoms with E-state index in [0.29, 0.717) is 15.9 Å². The molecule has 7 nitrogen and oxygen atoms in total. The smallest absolute Gasteiger partial charge is 0.346 e. The summed E-state index contributed by atoms with van der Waals surface area (Å²) in [6, 6.07) is 9.11. The maximum atomic E-state index is 14.5. The summed E-state index contributed by atoms with van der Waals surface area (Å²) in [5.74, 6) is -8.82. The fraction of sp³-hybridized carbons (Fsp3) is 0.273. The first-order valence-corrected chi connectivity index (χ1v) is 10.8. The third-order valence-electron chi connectivity index (χ3n) is 6.08. The molecule has 35 heavy (non-hydrogen) atoms. The zero-order valence-electron chi connectivity index (χ0n) is 18.1. The molecule has 0 bridgehead atoms. The molecule has 4 amide bonds. The van der Waals surface area contributed by atoms with Gasteiger partial charge in [0.25, 0.3) is 11.8 Å². The van der Waals surface area contributed by atoms with E-state index in [9.17, 15) is 28.0 Å². The van der Waals surface area contributed by atoms with Gasteiger partial charge in [0.1, 0.15) is 7.85 Å². The van der Waals surface area contributed by atoms with E-state index in [0.717, 1.165) is 17.0 Å². The number of nitrogens with one attached hydrogen (secondary N) is 1. The van der Waals surface area contributed by atoms with Crippen LogP contribution in [0.1, 0.15) is 33.5 Å². The second-order valence-electron chi connectivity index (χ2n) is 8.40. The Kier molecular flexibility index (Phi) is 6.29.